The monoisotopic (exact) mass is 336 g/mol. The van der Waals surface area contributed by atoms with E-state index in [-0.39, 0.29) is 12.5 Å². The molecule has 7 nitrogen and oxygen atoms in total. The first-order valence-electron chi connectivity index (χ1n) is 7.91. The predicted octanol–water partition coefficient (Wildman–Crippen LogP) is 2.34. The summed E-state index contributed by atoms with van der Waals surface area (Å²) in [4.78, 5) is 25.2. The van der Waals surface area contributed by atoms with Gasteiger partial charge in [-0.3, -0.25) is 4.79 Å². The van der Waals surface area contributed by atoms with E-state index in [0.717, 1.165) is 0 Å². The van der Waals surface area contributed by atoms with Gasteiger partial charge in [-0.15, -0.1) is 0 Å². The molecule has 0 aliphatic carbocycles. The van der Waals surface area contributed by atoms with Gasteiger partial charge in [0.05, 0.1) is 0 Å². The number of hydrogen-bond donors (Lipinski definition) is 1. The van der Waals surface area contributed by atoms with Crippen molar-refractivity contribution >= 4 is 17.7 Å². The number of nitrogens with zero attached hydrogens (tertiary/aromatic N) is 1. The Bertz CT molecular complexity index is 609. The molecule has 132 valence electrons. The Morgan fingerprint density at radius 2 is 1.88 bits per heavy atom. The molecular formula is C17H24N2O5. The van der Waals surface area contributed by atoms with Crippen LogP contribution in [0.3, 0.4) is 0 Å². The maximum Gasteiger partial charge on any atom is 0.407 e. The first-order valence-corrected chi connectivity index (χ1v) is 7.91. The minimum Gasteiger partial charge on any atom is -0.486 e. The number of carbonyl (C=O) groups excluding carboxylic acids is 2. The lowest BCUT2D eigenvalue weighted by atomic mass is 10.2. The van der Waals surface area contributed by atoms with Gasteiger partial charge in [0.2, 0.25) is 5.91 Å². The zero-order valence-electron chi connectivity index (χ0n) is 14.5. The Balaban J connectivity index is 1.97. The van der Waals surface area contributed by atoms with Crippen LogP contribution in [0.15, 0.2) is 18.2 Å². The van der Waals surface area contributed by atoms with Gasteiger partial charge in [-0.2, -0.15) is 0 Å². The largest absolute Gasteiger partial charge is 0.486 e. The SMILES string of the molecule is CC(=O)N(CCNC(=O)OC(C)(C)C)c1ccc2c(c1)OCCO2. The van der Waals surface area contributed by atoms with Crippen LogP contribution >= 0.6 is 0 Å². The van der Waals surface area contributed by atoms with Gasteiger partial charge in [-0.1, -0.05) is 0 Å². The molecule has 1 aromatic rings. The van der Waals surface area contributed by atoms with Crippen molar-refractivity contribution in [2.45, 2.75) is 33.3 Å². The first kappa shape index (κ1) is 17.9. The molecule has 2 amide bonds. The molecule has 0 unspecified atom stereocenters. The second-order valence-corrected chi connectivity index (χ2v) is 6.43. The quantitative estimate of drug-likeness (QED) is 0.913. The van der Waals surface area contributed by atoms with Crippen LogP contribution in [0.2, 0.25) is 0 Å². The van der Waals surface area contributed by atoms with E-state index < -0.39 is 11.7 Å². The van der Waals surface area contributed by atoms with E-state index in [4.69, 9.17) is 14.2 Å². The lowest BCUT2D eigenvalue weighted by molar-refractivity contribution is -0.116. The molecule has 1 aliphatic rings. The highest BCUT2D eigenvalue weighted by atomic mass is 16.6. The minimum absolute atomic E-state index is 0.127. The molecule has 0 fully saturated rings. The van der Waals surface area contributed by atoms with E-state index in [0.29, 0.717) is 36.9 Å². The molecule has 2 rings (SSSR count). The third-order valence-electron chi connectivity index (χ3n) is 3.22. The predicted molar refractivity (Wildman–Crippen MR) is 89.7 cm³/mol. The summed E-state index contributed by atoms with van der Waals surface area (Å²) in [6, 6.07) is 5.34. The number of anilines is 1. The summed E-state index contributed by atoms with van der Waals surface area (Å²) >= 11 is 0. The summed E-state index contributed by atoms with van der Waals surface area (Å²) in [6.07, 6.45) is -0.506. The van der Waals surface area contributed by atoms with Crippen LogP contribution in [0.4, 0.5) is 10.5 Å². The fourth-order valence-corrected chi connectivity index (χ4v) is 2.25. The lowest BCUT2D eigenvalue weighted by Crippen LogP contribution is -2.39. The first-order chi connectivity index (χ1) is 11.3. The molecule has 24 heavy (non-hydrogen) atoms. The van der Waals surface area contributed by atoms with E-state index in [1.54, 1.807) is 43.9 Å². The van der Waals surface area contributed by atoms with Crippen LogP contribution in [0.1, 0.15) is 27.7 Å². The molecule has 7 heteroatoms. The highest BCUT2D eigenvalue weighted by molar-refractivity contribution is 5.92. The number of hydrogen-bond acceptors (Lipinski definition) is 5. The van der Waals surface area contributed by atoms with Gasteiger partial charge >= 0.3 is 6.09 Å². The molecular weight excluding hydrogens is 312 g/mol. The summed E-state index contributed by atoms with van der Waals surface area (Å²) in [5.74, 6) is 1.16. The van der Waals surface area contributed by atoms with Gasteiger partial charge in [-0.05, 0) is 32.9 Å². The van der Waals surface area contributed by atoms with E-state index in [1.807, 2.05) is 0 Å². The molecule has 1 aromatic carbocycles. The van der Waals surface area contributed by atoms with Crippen molar-refractivity contribution in [3.63, 3.8) is 0 Å². The van der Waals surface area contributed by atoms with Crippen LogP contribution in [-0.2, 0) is 9.53 Å². The van der Waals surface area contributed by atoms with Crippen molar-refractivity contribution in [1.82, 2.24) is 5.32 Å². The highest BCUT2D eigenvalue weighted by Crippen LogP contribution is 2.33. The third kappa shape index (κ3) is 5.04. The fraction of sp³-hybridized carbons (Fsp3) is 0.529. The van der Waals surface area contributed by atoms with Crippen LogP contribution in [0.25, 0.3) is 0 Å². The zero-order valence-corrected chi connectivity index (χ0v) is 14.5. The van der Waals surface area contributed by atoms with Gasteiger partial charge in [0.1, 0.15) is 18.8 Å². The van der Waals surface area contributed by atoms with E-state index >= 15 is 0 Å². The van der Waals surface area contributed by atoms with Crippen molar-refractivity contribution in [3.8, 4) is 11.5 Å². The topological polar surface area (TPSA) is 77.1 Å². The number of carbonyl (C=O) groups is 2. The molecule has 1 N–H and O–H groups in total. The zero-order chi connectivity index (χ0) is 17.7. The number of amides is 2. The number of alkyl carbamates (subject to hydrolysis) is 1. The van der Waals surface area contributed by atoms with Gasteiger partial charge in [-0.25, -0.2) is 4.79 Å². The van der Waals surface area contributed by atoms with E-state index in [1.165, 1.54) is 6.92 Å². The highest BCUT2D eigenvalue weighted by Gasteiger charge is 2.19. The maximum atomic E-state index is 11.9. The Labute approximate surface area is 141 Å². The average Bonchev–Trinajstić information content (AvgIpc) is 2.49. The van der Waals surface area contributed by atoms with Crippen LogP contribution in [0, 0.1) is 0 Å². The second kappa shape index (κ2) is 7.42. The van der Waals surface area contributed by atoms with Crippen molar-refractivity contribution in [2.24, 2.45) is 0 Å². The minimum atomic E-state index is -0.555. The molecule has 0 saturated heterocycles. The number of ether oxygens (including phenoxy) is 3. The molecule has 0 spiro atoms. The Morgan fingerprint density at radius 1 is 1.21 bits per heavy atom. The smallest absolute Gasteiger partial charge is 0.407 e. The molecule has 0 atom stereocenters. The molecule has 0 aromatic heterocycles. The summed E-state index contributed by atoms with van der Waals surface area (Å²) in [5, 5.41) is 2.65. The Kier molecular flexibility index (Phi) is 5.54. The average molecular weight is 336 g/mol. The molecule has 0 bridgehead atoms. The Morgan fingerprint density at radius 3 is 2.50 bits per heavy atom. The molecule has 1 aliphatic heterocycles. The number of fused-ring (bicyclic) bond motifs is 1. The van der Waals surface area contributed by atoms with Crippen molar-refractivity contribution in [2.75, 3.05) is 31.2 Å². The normalized spacial score (nSPS) is 13.2. The van der Waals surface area contributed by atoms with Crippen LogP contribution in [-0.4, -0.2) is 43.9 Å². The van der Waals surface area contributed by atoms with E-state index in [2.05, 4.69) is 5.32 Å². The van der Waals surface area contributed by atoms with Crippen molar-refractivity contribution < 1.29 is 23.8 Å². The molecule has 0 saturated carbocycles. The summed E-state index contributed by atoms with van der Waals surface area (Å²) < 4.78 is 16.2. The number of rotatable bonds is 4. The van der Waals surface area contributed by atoms with Crippen molar-refractivity contribution in [1.29, 1.82) is 0 Å². The Hall–Kier alpha value is -2.44. The van der Waals surface area contributed by atoms with Crippen LogP contribution in [0.5, 0.6) is 11.5 Å². The van der Waals surface area contributed by atoms with Crippen LogP contribution < -0.4 is 19.7 Å². The number of nitrogens with one attached hydrogen (secondary N) is 1. The lowest BCUT2D eigenvalue weighted by Gasteiger charge is -2.25. The van der Waals surface area contributed by atoms with Gasteiger partial charge in [0, 0.05) is 31.8 Å². The summed E-state index contributed by atoms with van der Waals surface area (Å²) in [6.45, 7) is 8.47. The molecule has 0 radical (unpaired) electrons. The molecule has 1 heterocycles. The third-order valence-corrected chi connectivity index (χ3v) is 3.22. The second-order valence-electron chi connectivity index (χ2n) is 6.43. The number of benzene rings is 1. The summed E-state index contributed by atoms with van der Waals surface area (Å²) in [5.41, 5.74) is 0.137. The van der Waals surface area contributed by atoms with Gasteiger partial charge in [0.15, 0.2) is 11.5 Å². The summed E-state index contributed by atoms with van der Waals surface area (Å²) in [7, 11) is 0. The maximum absolute atomic E-state index is 11.9. The van der Waals surface area contributed by atoms with Gasteiger partial charge in [0.25, 0.3) is 0 Å². The van der Waals surface area contributed by atoms with Crippen molar-refractivity contribution in [3.05, 3.63) is 18.2 Å². The van der Waals surface area contributed by atoms with Gasteiger partial charge < -0.3 is 24.4 Å². The standard InChI is InChI=1S/C17H24N2O5/c1-12(20)19(8-7-18-16(21)24-17(2,3)4)13-5-6-14-15(11-13)23-10-9-22-14/h5-6,11H,7-10H2,1-4H3,(H,18,21). The van der Waals surface area contributed by atoms with E-state index in [9.17, 15) is 9.59 Å². The fourth-order valence-electron chi connectivity index (χ4n) is 2.25.